The van der Waals surface area contributed by atoms with E-state index >= 15 is 0 Å². The molecule has 0 saturated carbocycles. The van der Waals surface area contributed by atoms with Gasteiger partial charge in [-0.1, -0.05) is 30.3 Å². The van der Waals surface area contributed by atoms with Crippen molar-refractivity contribution in [1.29, 1.82) is 0 Å². The van der Waals surface area contributed by atoms with Crippen LogP contribution < -0.4 is 25.4 Å². The minimum absolute atomic E-state index is 0.0420. The second kappa shape index (κ2) is 10.9. The van der Waals surface area contributed by atoms with Gasteiger partial charge in [0.1, 0.15) is 11.5 Å². The maximum atomic E-state index is 12.5. The molecule has 3 aromatic carbocycles. The summed E-state index contributed by atoms with van der Waals surface area (Å²) < 4.78 is 10.5. The van der Waals surface area contributed by atoms with Gasteiger partial charge in [0.2, 0.25) is 5.91 Å². The van der Waals surface area contributed by atoms with Gasteiger partial charge in [-0.05, 0) is 48.9 Å². The number of hydrogen-bond donors (Lipinski definition) is 3. The highest BCUT2D eigenvalue weighted by molar-refractivity contribution is 5.97. The monoisotopic (exact) mass is 433 g/mol. The topological polar surface area (TPSA) is 88.7 Å². The summed E-state index contributed by atoms with van der Waals surface area (Å²) in [5.41, 5.74) is 2.80. The van der Waals surface area contributed by atoms with Crippen LogP contribution in [0.2, 0.25) is 0 Å². The van der Waals surface area contributed by atoms with Gasteiger partial charge in [-0.15, -0.1) is 0 Å². The molecule has 1 unspecified atom stereocenters. The van der Waals surface area contributed by atoms with Gasteiger partial charge in [0.25, 0.3) is 5.91 Å². The van der Waals surface area contributed by atoms with Gasteiger partial charge in [-0.25, -0.2) is 0 Å². The molecule has 0 saturated heterocycles. The van der Waals surface area contributed by atoms with Crippen molar-refractivity contribution < 1.29 is 19.1 Å². The van der Waals surface area contributed by atoms with Crippen LogP contribution in [0.15, 0.2) is 72.8 Å². The molecule has 0 spiro atoms. The molecule has 0 aromatic heterocycles. The lowest BCUT2D eigenvalue weighted by Crippen LogP contribution is -2.26. The molecule has 166 valence electrons. The molecule has 0 fully saturated rings. The fourth-order valence-electron chi connectivity index (χ4n) is 3.14. The molecule has 7 heteroatoms. The van der Waals surface area contributed by atoms with Crippen molar-refractivity contribution in [3.05, 3.63) is 83.9 Å². The van der Waals surface area contributed by atoms with Gasteiger partial charge in [-0.2, -0.15) is 0 Å². The van der Waals surface area contributed by atoms with Gasteiger partial charge in [0, 0.05) is 17.3 Å². The summed E-state index contributed by atoms with van der Waals surface area (Å²) >= 11 is 0. The van der Waals surface area contributed by atoms with E-state index in [2.05, 4.69) is 16.0 Å². The molecule has 7 nitrogen and oxygen atoms in total. The largest absolute Gasteiger partial charge is 0.497 e. The van der Waals surface area contributed by atoms with E-state index in [9.17, 15) is 9.59 Å². The molecule has 0 aliphatic carbocycles. The molecule has 3 rings (SSSR count). The van der Waals surface area contributed by atoms with E-state index in [0.717, 1.165) is 5.56 Å². The van der Waals surface area contributed by atoms with Crippen molar-refractivity contribution in [3.8, 4) is 11.5 Å². The Kier molecular flexibility index (Phi) is 7.70. The Labute approximate surface area is 187 Å². The van der Waals surface area contributed by atoms with Crippen LogP contribution in [0.3, 0.4) is 0 Å². The predicted octanol–water partition coefficient (Wildman–Crippen LogP) is 4.25. The van der Waals surface area contributed by atoms with E-state index in [0.29, 0.717) is 28.4 Å². The van der Waals surface area contributed by atoms with Crippen LogP contribution in [0.5, 0.6) is 11.5 Å². The normalized spacial score (nSPS) is 11.2. The highest BCUT2D eigenvalue weighted by Gasteiger charge is 2.12. The van der Waals surface area contributed by atoms with Gasteiger partial charge in [-0.3, -0.25) is 9.59 Å². The number of anilines is 2. The Morgan fingerprint density at radius 1 is 0.906 bits per heavy atom. The molecule has 3 aromatic rings. The number of methoxy groups -OCH3 is 2. The van der Waals surface area contributed by atoms with Crippen LogP contribution in [-0.2, 0) is 4.79 Å². The van der Waals surface area contributed by atoms with Crippen LogP contribution in [0.1, 0.15) is 28.9 Å². The minimum atomic E-state index is -0.232. The molecule has 0 heterocycles. The first-order valence-corrected chi connectivity index (χ1v) is 10.2. The lowest BCUT2D eigenvalue weighted by atomic mass is 10.1. The Balaban J connectivity index is 1.54. The number of rotatable bonds is 9. The first-order chi connectivity index (χ1) is 15.5. The third-order valence-electron chi connectivity index (χ3n) is 4.92. The number of amides is 2. The van der Waals surface area contributed by atoms with Gasteiger partial charge in [0.15, 0.2) is 0 Å². The SMILES string of the molecule is COc1ccc(OC)c(NCC(=O)Nc2ccc(C(=O)NC(C)c3ccccc3)cc2)c1. The van der Waals surface area contributed by atoms with Crippen molar-refractivity contribution in [2.75, 3.05) is 31.4 Å². The molecule has 32 heavy (non-hydrogen) atoms. The summed E-state index contributed by atoms with van der Waals surface area (Å²) in [5.74, 6) is 0.860. The number of benzene rings is 3. The fraction of sp³-hybridized carbons (Fsp3) is 0.200. The van der Waals surface area contributed by atoms with Crippen molar-refractivity contribution >= 4 is 23.2 Å². The highest BCUT2D eigenvalue weighted by Crippen LogP contribution is 2.28. The Hall–Kier alpha value is -4.00. The van der Waals surface area contributed by atoms with E-state index in [1.807, 2.05) is 37.3 Å². The molecule has 0 radical (unpaired) electrons. The molecule has 0 bridgehead atoms. The Bertz CT molecular complexity index is 1050. The second-order valence-electron chi connectivity index (χ2n) is 7.15. The third-order valence-corrected chi connectivity index (χ3v) is 4.92. The first kappa shape index (κ1) is 22.7. The zero-order valence-electron chi connectivity index (χ0n) is 18.3. The minimum Gasteiger partial charge on any atom is -0.497 e. The third kappa shape index (κ3) is 6.01. The van der Waals surface area contributed by atoms with E-state index in [1.165, 1.54) is 0 Å². The van der Waals surface area contributed by atoms with E-state index in [4.69, 9.17) is 9.47 Å². The van der Waals surface area contributed by atoms with Crippen LogP contribution in [0.4, 0.5) is 11.4 Å². The van der Waals surface area contributed by atoms with Crippen molar-refractivity contribution in [2.45, 2.75) is 13.0 Å². The number of ether oxygens (including phenoxy) is 2. The zero-order chi connectivity index (χ0) is 22.9. The van der Waals surface area contributed by atoms with Crippen molar-refractivity contribution in [1.82, 2.24) is 5.32 Å². The standard InChI is InChI=1S/C25H27N3O4/c1-17(18-7-5-4-6-8-18)27-25(30)19-9-11-20(12-10-19)28-24(29)16-26-22-15-21(31-2)13-14-23(22)32-3/h4-15,17,26H,16H2,1-3H3,(H,27,30)(H,28,29). The number of hydrogen-bond acceptors (Lipinski definition) is 5. The molecule has 2 amide bonds. The highest BCUT2D eigenvalue weighted by atomic mass is 16.5. The number of nitrogens with one attached hydrogen (secondary N) is 3. The summed E-state index contributed by atoms with van der Waals surface area (Å²) in [4.78, 5) is 24.8. The van der Waals surface area contributed by atoms with Gasteiger partial charge < -0.3 is 25.4 Å². The van der Waals surface area contributed by atoms with Gasteiger partial charge in [0.05, 0.1) is 32.5 Å². The van der Waals surface area contributed by atoms with E-state index < -0.39 is 0 Å². The molecular weight excluding hydrogens is 406 g/mol. The van der Waals surface area contributed by atoms with Crippen LogP contribution >= 0.6 is 0 Å². The smallest absolute Gasteiger partial charge is 0.251 e. The summed E-state index contributed by atoms with van der Waals surface area (Å²) in [6.07, 6.45) is 0. The Morgan fingerprint density at radius 3 is 2.28 bits per heavy atom. The maximum absolute atomic E-state index is 12.5. The molecule has 0 aliphatic heterocycles. The number of carbonyl (C=O) groups is 2. The average Bonchev–Trinajstić information content (AvgIpc) is 2.83. The Morgan fingerprint density at radius 2 is 1.62 bits per heavy atom. The quantitative estimate of drug-likeness (QED) is 0.470. The van der Waals surface area contributed by atoms with E-state index in [1.54, 1.807) is 56.7 Å². The lowest BCUT2D eigenvalue weighted by molar-refractivity contribution is -0.114. The average molecular weight is 434 g/mol. The maximum Gasteiger partial charge on any atom is 0.251 e. The van der Waals surface area contributed by atoms with Crippen molar-refractivity contribution in [2.24, 2.45) is 0 Å². The summed E-state index contributed by atoms with van der Waals surface area (Å²) in [6, 6.07) is 21.7. The van der Waals surface area contributed by atoms with Crippen molar-refractivity contribution in [3.63, 3.8) is 0 Å². The summed E-state index contributed by atoms with van der Waals surface area (Å²) in [6.45, 7) is 1.98. The van der Waals surface area contributed by atoms with Crippen LogP contribution in [0, 0.1) is 0 Å². The molecule has 3 N–H and O–H groups in total. The second-order valence-corrected chi connectivity index (χ2v) is 7.15. The summed E-state index contributed by atoms with van der Waals surface area (Å²) in [5, 5.41) is 8.82. The van der Waals surface area contributed by atoms with Gasteiger partial charge >= 0.3 is 0 Å². The van der Waals surface area contributed by atoms with Crippen LogP contribution in [0.25, 0.3) is 0 Å². The predicted molar refractivity (Wildman–Crippen MR) is 125 cm³/mol. The molecule has 0 aliphatic rings. The molecule has 1 atom stereocenters. The zero-order valence-corrected chi connectivity index (χ0v) is 18.3. The summed E-state index contributed by atoms with van der Waals surface area (Å²) in [7, 11) is 3.13. The van der Waals surface area contributed by atoms with E-state index in [-0.39, 0.29) is 24.4 Å². The lowest BCUT2D eigenvalue weighted by Gasteiger charge is -2.15. The fourth-order valence-corrected chi connectivity index (χ4v) is 3.14. The number of carbonyl (C=O) groups excluding carboxylic acids is 2. The molecular formula is C25H27N3O4. The van der Waals surface area contributed by atoms with Crippen LogP contribution in [-0.4, -0.2) is 32.6 Å². The first-order valence-electron chi connectivity index (χ1n) is 10.2.